The summed E-state index contributed by atoms with van der Waals surface area (Å²) in [5.74, 6) is 0. The van der Waals surface area contributed by atoms with Crippen molar-refractivity contribution in [3.05, 3.63) is 47.0 Å². The van der Waals surface area contributed by atoms with E-state index in [4.69, 9.17) is 5.73 Å². The van der Waals surface area contributed by atoms with E-state index in [9.17, 15) is 0 Å². The molecule has 1 nitrogen and oxygen atoms in total. The monoisotopic (exact) mass is 203 g/mol. The molecule has 1 heteroatoms. The number of aryl methyl sites for hydroxylation is 3. The second kappa shape index (κ2) is 5.13. The third kappa shape index (κ3) is 2.93. The molecule has 0 bridgehead atoms. The number of rotatable bonds is 4. The minimum absolute atomic E-state index is 0.142. The number of nitrogens with two attached hydrogens (primary N) is 1. The number of allylic oxidation sites excluding steroid dienone is 1. The van der Waals surface area contributed by atoms with Gasteiger partial charge >= 0.3 is 0 Å². The van der Waals surface area contributed by atoms with Crippen LogP contribution in [0.3, 0.4) is 0 Å². The van der Waals surface area contributed by atoms with Gasteiger partial charge in [0.1, 0.15) is 0 Å². The van der Waals surface area contributed by atoms with Gasteiger partial charge in [-0.25, -0.2) is 0 Å². The van der Waals surface area contributed by atoms with E-state index < -0.39 is 0 Å². The van der Waals surface area contributed by atoms with Crippen molar-refractivity contribution in [2.24, 2.45) is 5.73 Å². The Hall–Kier alpha value is -1.08. The van der Waals surface area contributed by atoms with Gasteiger partial charge in [0.15, 0.2) is 0 Å². The van der Waals surface area contributed by atoms with E-state index >= 15 is 0 Å². The lowest BCUT2D eigenvalue weighted by Crippen LogP contribution is -2.13. The van der Waals surface area contributed by atoms with E-state index in [0.29, 0.717) is 0 Å². The molecule has 15 heavy (non-hydrogen) atoms. The van der Waals surface area contributed by atoms with Crippen LogP contribution in [0.2, 0.25) is 0 Å². The summed E-state index contributed by atoms with van der Waals surface area (Å²) in [5, 5.41) is 0. The van der Waals surface area contributed by atoms with E-state index in [0.717, 1.165) is 12.8 Å². The standard InChI is InChI=1S/C14H21N/c1-5-6-7-13(15)14-11(3)8-10(2)9-12(14)4/h5,8-9,13H,1,6-7,15H2,2-4H3. The summed E-state index contributed by atoms with van der Waals surface area (Å²) in [6, 6.07) is 4.55. The van der Waals surface area contributed by atoms with Gasteiger partial charge in [0.05, 0.1) is 0 Å². The Kier molecular flexibility index (Phi) is 4.10. The molecule has 82 valence electrons. The average molecular weight is 203 g/mol. The Labute approximate surface area is 93.0 Å². The zero-order valence-electron chi connectivity index (χ0n) is 10.0. The van der Waals surface area contributed by atoms with Crippen molar-refractivity contribution in [3.63, 3.8) is 0 Å². The maximum atomic E-state index is 6.19. The predicted octanol–water partition coefficient (Wildman–Crippen LogP) is 3.58. The Balaban J connectivity index is 2.97. The molecule has 1 aromatic rings. The van der Waals surface area contributed by atoms with Crippen LogP contribution in [0.4, 0.5) is 0 Å². The zero-order chi connectivity index (χ0) is 11.4. The lowest BCUT2D eigenvalue weighted by Gasteiger charge is -2.17. The first-order valence-corrected chi connectivity index (χ1v) is 5.50. The van der Waals surface area contributed by atoms with Crippen LogP contribution < -0.4 is 5.73 Å². The smallest absolute Gasteiger partial charge is 0.0303 e. The van der Waals surface area contributed by atoms with Crippen LogP contribution in [0, 0.1) is 20.8 Å². The van der Waals surface area contributed by atoms with Gasteiger partial charge in [-0.3, -0.25) is 0 Å². The van der Waals surface area contributed by atoms with Crippen molar-refractivity contribution in [2.75, 3.05) is 0 Å². The minimum Gasteiger partial charge on any atom is -0.324 e. The van der Waals surface area contributed by atoms with Crippen molar-refractivity contribution < 1.29 is 0 Å². The summed E-state index contributed by atoms with van der Waals surface area (Å²) in [7, 11) is 0. The fourth-order valence-electron chi connectivity index (χ4n) is 2.22. The number of hydrogen-bond donors (Lipinski definition) is 1. The van der Waals surface area contributed by atoms with Gasteiger partial charge in [0, 0.05) is 6.04 Å². The van der Waals surface area contributed by atoms with Crippen molar-refractivity contribution in [3.8, 4) is 0 Å². The molecule has 0 aliphatic carbocycles. The van der Waals surface area contributed by atoms with Crippen LogP contribution in [-0.2, 0) is 0 Å². The fourth-order valence-corrected chi connectivity index (χ4v) is 2.22. The molecule has 1 aromatic carbocycles. The van der Waals surface area contributed by atoms with Crippen LogP contribution in [0.25, 0.3) is 0 Å². The Bertz CT molecular complexity index is 329. The van der Waals surface area contributed by atoms with Crippen molar-refractivity contribution in [2.45, 2.75) is 39.7 Å². The molecule has 0 saturated heterocycles. The molecule has 0 aromatic heterocycles. The summed E-state index contributed by atoms with van der Waals surface area (Å²) in [4.78, 5) is 0. The third-order valence-corrected chi connectivity index (χ3v) is 2.79. The topological polar surface area (TPSA) is 26.0 Å². The van der Waals surface area contributed by atoms with Crippen LogP contribution >= 0.6 is 0 Å². The van der Waals surface area contributed by atoms with Crippen LogP contribution in [0.1, 0.15) is 41.1 Å². The van der Waals surface area contributed by atoms with Gasteiger partial charge in [0.25, 0.3) is 0 Å². The Morgan fingerprint density at radius 1 is 1.27 bits per heavy atom. The molecular weight excluding hydrogens is 182 g/mol. The second-order valence-electron chi connectivity index (χ2n) is 4.28. The highest BCUT2D eigenvalue weighted by atomic mass is 14.6. The molecule has 0 heterocycles. The van der Waals surface area contributed by atoms with Gasteiger partial charge in [-0.2, -0.15) is 0 Å². The van der Waals surface area contributed by atoms with Crippen molar-refractivity contribution in [1.82, 2.24) is 0 Å². The molecule has 0 radical (unpaired) electrons. The number of hydrogen-bond acceptors (Lipinski definition) is 1. The molecule has 1 atom stereocenters. The van der Waals surface area contributed by atoms with Gasteiger partial charge < -0.3 is 5.73 Å². The van der Waals surface area contributed by atoms with E-state index in [1.807, 2.05) is 6.08 Å². The van der Waals surface area contributed by atoms with E-state index in [1.165, 1.54) is 22.3 Å². The van der Waals surface area contributed by atoms with Gasteiger partial charge in [-0.15, -0.1) is 6.58 Å². The molecular formula is C14H21N. The van der Waals surface area contributed by atoms with Crippen LogP contribution in [0.5, 0.6) is 0 Å². The SMILES string of the molecule is C=CCCC(N)c1c(C)cc(C)cc1C. The van der Waals surface area contributed by atoms with Crippen molar-refractivity contribution in [1.29, 1.82) is 0 Å². The van der Waals surface area contributed by atoms with Gasteiger partial charge in [-0.1, -0.05) is 23.8 Å². The quantitative estimate of drug-likeness (QED) is 0.744. The maximum absolute atomic E-state index is 6.19. The second-order valence-corrected chi connectivity index (χ2v) is 4.28. The summed E-state index contributed by atoms with van der Waals surface area (Å²) in [6.07, 6.45) is 3.89. The molecule has 1 unspecified atom stereocenters. The summed E-state index contributed by atoms with van der Waals surface area (Å²) >= 11 is 0. The minimum atomic E-state index is 0.142. The van der Waals surface area contributed by atoms with E-state index in [2.05, 4.69) is 39.5 Å². The molecule has 0 fully saturated rings. The molecule has 1 rings (SSSR count). The lowest BCUT2D eigenvalue weighted by atomic mass is 9.92. The van der Waals surface area contributed by atoms with E-state index in [1.54, 1.807) is 0 Å². The molecule has 0 spiro atoms. The molecule has 2 N–H and O–H groups in total. The van der Waals surface area contributed by atoms with Gasteiger partial charge in [-0.05, 0) is 50.3 Å². The van der Waals surface area contributed by atoms with Crippen LogP contribution in [-0.4, -0.2) is 0 Å². The first kappa shape index (κ1) is 12.0. The summed E-state index contributed by atoms with van der Waals surface area (Å²) in [5.41, 5.74) is 11.4. The third-order valence-electron chi connectivity index (χ3n) is 2.79. The van der Waals surface area contributed by atoms with Gasteiger partial charge in [0.2, 0.25) is 0 Å². The Morgan fingerprint density at radius 3 is 2.27 bits per heavy atom. The molecule has 0 saturated carbocycles. The fraction of sp³-hybridized carbons (Fsp3) is 0.429. The highest BCUT2D eigenvalue weighted by Gasteiger charge is 2.11. The average Bonchev–Trinajstić information content (AvgIpc) is 2.12. The highest BCUT2D eigenvalue weighted by molar-refractivity contribution is 5.39. The van der Waals surface area contributed by atoms with Crippen molar-refractivity contribution >= 4 is 0 Å². The highest BCUT2D eigenvalue weighted by Crippen LogP contribution is 2.24. The lowest BCUT2D eigenvalue weighted by molar-refractivity contribution is 0.653. The Morgan fingerprint density at radius 2 is 1.80 bits per heavy atom. The largest absolute Gasteiger partial charge is 0.324 e. The maximum Gasteiger partial charge on any atom is 0.0303 e. The summed E-state index contributed by atoms with van der Waals surface area (Å²) < 4.78 is 0. The first-order valence-electron chi connectivity index (χ1n) is 5.50. The molecule has 0 aliphatic heterocycles. The van der Waals surface area contributed by atoms with E-state index in [-0.39, 0.29) is 6.04 Å². The number of benzene rings is 1. The predicted molar refractivity (Wildman–Crippen MR) is 67.0 cm³/mol. The molecule has 0 aliphatic rings. The molecule has 0 amide bonds. The summed E-state index contributed by atoms with van der Waals surface area (Å²) in [6.45, 7) is 10.1. The van der Waals surface area contributed by atoms with Crippen LogP contribution in [0.15, 0.2) is 24.8 Å². The first-order chi connectivity index (χ1) is 7.06. The normalized spacial score (nSPS) is 12.5. The zero-order valence-corrected chi connectivity index (χ0v) is 10.0.